The smallest absolute Gasteiger partial charge is 0.263 e. The molecule has 0 bridgehead atoms. The summed E-state index contributed by atoms with van der Waals surface area (Å²) in [7, 11) is 3.11. The number of amides is 1. The van der Waals surface area contributed by atoms with E-state index in [1.807, 2.05) is 0 Å². The number of ether oxygens (including phenoxy) is 2. The molecule has 0 fully saturated rings. The van der Waals surface area contributed by atoms with Crippen molar-refractivity contribution in [3.8, 4) is 11.5 Å². The van der Waals surface area contributed by atoms with Crippen molar-refractivity contribution in [2.45, 2.75) is 6.54 Å². The van der Waals surface area contributed by atoms with Gasteiger partial charge in [-0.3, -0.25) is 9.69 Å². The largest absolute Gasteiger partial charge is 0.495 e. The number of thiazole rings is 1. The maximum atomic E-state index is 14.3. The molecule has 8 heteroatoms. The van der Waals surface area contributed by atoms with E-state index in [0.29, 0.717) is 27.9 Å². The van der Waals surface area contributed by atoms with Gasteiger partial charge in [-0.05, 0) is 36.4 Å². The van der Waals surface area contributed by atoms with Gasteiger partial charge in [0.25, 0.3) is 5.91 Å². The van der Waals surface area contributed by atoms with E-state index in [9.17, 15) is 9.18 Å². The molecular formula is C21H17FN2O4S. The molecule has 0 unspecified atom stereocenters. The molecule has 0 spiro atoms. The molecule has 4 rings (SSSR count). The monoisotopic (exact) mass is 412 g/mol. The molecule has 0 saturated heterocycles. The van der Waals surface area contributed by atoms with Gasteiger partial charge >= 0.3 is 0 Å². The molecule has 0 aliphatic heterocycles. The average molecular weight is 412 g/mol. The number of carbonyl (C=O) groups is 1. The van der Waals surface area contributed by atoms with Gasteiger partial charge < -0.3 is 13.9 Å². The number of rotatable bonds is 6. The van der Waals surface area contributed by atoms with Gasteiger partial charge in [-0.15, -0.1) is 0 Å². The number of hydrogen-bond donors (Lipinski definition) is 0. The van der Waals surface area contributed by atoms with Crippen LogP contribution < -0.4 is 14.4 Å². The quantitative estimate of drug-likeness (QED) is 0.451. The number of methoxy groups -OCH3 is 2. The Morgan fingerprint density at radius 1 is 1.10 bits per heavy atom. The molecule has 2 aromatic carbocycles. The lowest BCUT2D eigenvalue weighted by Gasteiger charge is -2.19. The lowest BCUT2D eigenvalue weighted by Crippen LogP contribution is -2.30. The van der Waals surface area contributed by atoms with Gasteiger partial charge in [0.05, 0.1) is 32.6 Å². The zero-order valence-electron chi connectivity index (χ0n) is 15.7. The highest BCUT2D eigenvalue weighted by molar-refractivity contribution is 7.22. The third-order valence-electron chi connectivity index (χ3n) is 4.37. The first-order chi connectivity index (χ1) is 14.1. The summed E-state index contributed by atoms with van der Waals surface area (Å²) in [6.07, 6.45) is 1.52. The zero-order valence-corrected chi connectivity index (χ0v) is 16.5. The van der Waals surface area contributed by atoms with Gasteiger partial charge in [-0.25, -0.2) is 9.37 Å². The van der Waals surface area contributed by atoms with E-state index < -0.39 is 11.7 Å². The number of hydrogen-bond acceptors (Lipinski definition) is 6. The standard InChI is InChI=1S/C21H17FN2O4S/c1-26-16-9-10-17(27-2)19-18(16)23-21(29-19)24(12-13-6-5-11-28-13)20(25)14-7-3-4-8-15(14)22/h3-11H,12H2,1-2H3. The predicted molar refractivity (Wildman–Crippen MR) is 108 cm³/mol. The number of anilines is 1. The van der Waals surface area contributed by atoms with E-state index in [1.54, 1.807) is 44.6 Å². The lowest BCUT2D eigenvalue weighted by molar-refractivity contribution is 0.0979. The predicted octanol–water partition coefficient (Wildman–Crippen LogP) is 4.89. The van der Waals surface area contributed by atoms with E-state index in [2.05, 4.69) is 4.98 Å². The fourth-order valence-corrected chi connectivity index (χ4v) is 4.03. The molecule has 148 valence electrons. The van der Waals surface area contributed by atoms with Crippen molar-refractivity contribution >= 4 is 32.6 Å². The van der Waals surface area contributed by atoms with E-state index >= 15 is 0 Å². The van der Waals surface area contributed by atoms with E-state index in [0.717, 1.165) is 4.70 Å². The van der Waals surface area contributed by atoms with Crippen molar-refractivity contribution in [2.75, 3.05) is 19.1 Å². The Morgan fingerprint density at radius 3 is 2.55 bits per heavy atom. The van der Waals surface area contributed by atoms with Crippen LogP contribution in [0.2, 0.25) is 0 Å². The topological polar surface area (TPSA) is 64.8 Å². The second kappa shape index (κ2) is 7.92. The van der Waals surface area contributed by atoms with Gasteiger partial charge in [-0.2, -0.15) is 0 Å². The SMILES string of the molecule is COc1ccc(OC)c2sc(N(Cc3ccco3)C(=O)c3ccccc3F)nc12. The second-order valence-corrected chi connectivity index (χ2v) is 7.07. The van der Waals surface area contributed by atoms with Crippen molar-refractivity contribution in [1.82, 2.24) is 4.98 Å². The number of aromatic nitrogens is 1. The Kier molecular flexibility index (Phi) is 5.18. The minimum Gasteiger partial charge on any atom is -0.495 e. The summed E-state index contributed by atoms with van der Waals surface area (Å²) in [5.74, 6) is 0.600. The minimum atomic E-state index is -0.599. The van der Waals surface area contributed by atoms with Gasteiger partial charge in [0, 0.05) is 0 Å². The summed E-state index contributed by atoms with van der Waals surface area (Å²) < 4.78 is 31.3. The maximum Gasteiger partial charge on any atom is 0.263 e. The highest BCUT2D eigenvalue weighted by Crippen LogP contribution is 2.40. The molecule has 0 aliphatic carbocycles. The van der Waals surface area contributed by atoms with Crippen LogP contribution in [0.1, 0.15) is 16.1 Å². The first-order valence-corrected chi connectivity index (χ1v) is 9.54. The van der Waals surface area contributed by atoms with Gasteiger partial charge in [0.2, 0.25) is 0 Å². The Balaban J connectivity index is 1.85. The van der Waals surface area contributed by atoms with Crippen LogP contribution in [0, 0.1) is 5.82 Å². The molecule has 2 aromatic heterocycles. The van der Waals surface area contributed by atoms with Gasteiger partial charge in [0.1, 0.15) is 33.3 Å². The van der Waals surface area contributed by atoms with E-state index in [-0.39, 0.29) is 12.1 Å². The van der Waals surface area contributed by atoms with Crippen molar-refractivity contribution in [3.63, 3.8) is 0 Å². The molecule has 0 atom stereocenters. The minimum absolute atomic E-state index is 0.0442. The average Bonchev–Trinajstić information content (AvgIpc) is 3.41. The summed E-state index contributed by atoms with van der Waals surface area (Å²) >= 11 is 1.26. The fraction of sp³-hybridized carbons (Fsp3) is 0.143. The molecule has 0 N–H and O–H groups in total. The number of halogens is 1. The molecule has 0 saturated carbocycles. The maximum absolute atomic E-state index is 14.3. The Labute approximate surface area is 170 Å². The summed E-state index contributed by atoms with van der Waals surface area (Å²) in [5.41, 5.74) is 0.523. The highest BCUT2D eigenvalue weighted by atomic mass is 32.1. The van der Waals surface area contributed by atoms with Crippen molar-refractivity contribution in [2.24, 2.45) is 0 Å². The van der Waals surface area contributed by atoms with Crippen molar-refractivity contribution in [1.29, 1.82) is 0 Å². The lowest BCUT2D eigenvalue weighted by atomic mass is 10.2. The number of benzene rings is 2. The summed E-state index contributed by atoms with van der Waals surface area (Å²) in [4.78, 5) is 19.2. The first kappa shape index (κ1) is 18.9. The molecule has 2 heterocycles. The van der Waals surface area contributed by atoms with Crippen LogP contribution in [0.25, 0.3) is 10.2 Å². The summed E-state index contributed by atoms with van der Waals surface area (Å²) in [6.45, 7) is 0.102. The third-order valence-corrected chi connectivity index (χ3v) is 5.47. The normalized spacial score (nSPS) is 10.9. The van der Waals surface area contributed by atoms with Crippen LogP contribution in [0.4, 0.5) is 9.52 Å². The Hall–Kier alpha value is -3.39. The molecular weight excluding hydrogens is 395 g/mol. The number of furan rings is 1. The molecule has 1 amide bonds. The Morgan fingerprint density at radius 2 is 1.86 bits per heavy atom. The fourth-order valence-electron chi connectivity index (χ4n) is 2.95. The van der Waals surface area contributed by atoms with Gasteiger partial charge in [0.15, 0.2) is 5.13 Å². The van der Waals surface area contributed by atoms with Crippen LogP contribution in [-0.2, 0) is 6.54 Å². The molecule has 0 aliphatic rings. The number of fused-ring (bicyclic) bond motifs is 1. The number of nitrogens with zero attached hydrogens (tertiary/aromatic N) is 2. The van der Waals surface area contributed by atoms with Crippen molar-refractivity contribution in [3.05, 3.63) is 71.9 Å². The van der Waals surface area contributed by atoms with Crippen LogP contribution in [0.15, 0.2) is 59.2 Å². The van der Waals surface area contributed by atoms with E-state index in [1.165, 1.54) is 40.7 Å². The van der Waals surface area contributed by atoms with Crippen LogP contribution in [0.5, 0.6) is 11.5 Å². The molecule has 6 nitrogen and oxygen atoms in total. The van der Waals surface area contributed by atoms with Crippen LogP contribution in [-0.4, -0.2) is 25.1 Å². The van der Waals surface area contributed by atoms with Gasteiger partial charge in [-0.1, -0.05) is 23.5 Å². The summed E-state index contributed by atoms with van der Waals surface area (Å²) in [5, 5.41) is 0.382. The third kappa shape index (κ3) is 3.54. The molecule has 4 aromatic rings. The highest BCUT2D eigenvalue weighted by Gasteiger charge is 2.26. The molecule has 0 radical (unpaired) electrons. The van der Waals surface area contributed by atoms with E-state index in [4.69, 9.17) is 13.9 Å². The number of carbonyl (C=O) groups excluding carboxylic acids is 1. The zero-order chi connectivity index (χ0) is 20.4. The van der Waals surface area contributed by atoms with Crippen LogP contribution in [0.3, 0.4) is 0 Å². The second-order valence-electron chi connectivity index (χ2n) is 6.09. The van der Waals surface area contributed by atoms with Crippen LogP contribution >= 0.6 is 11.3 Å². The Bertz CT molecular complexity index is 1120. The summed E-state index contributed by atoms with van der Waals surface area (Å²) in [6, 6.07) is 12.9. The molecule has 29 heavy (non-hydrogen) atoms. The van der Waals surface area contributed by atoms with Crippen molar-refractivity contribution < 1.29 is 23.1 Å². The first-order valence-electron chi connectivity index (χ1n) is 8.72.